The number of nitrogens with one attached hydrogen (secondary N) is 2. The van der Waals surface area contributed by atoms with Crippen LogP contribution in [0.4, 0.5) is 4.79 Å². The number of alkyl carbamates (subject to hydrolysis) is 1. The maximum Gasteiger partial charge on any atom is 0.407 e. The Morgan fingerprint density at radius 2 is 1.62 bits per heavy atom. The summed E-state index contributed by atoms with van der Waals surface area (Å²) in [5, 5.41) is 14.2. The summed E-state index contributed by atoms with van der Waals surface area (Å²) in [6, 6.07) is 15.0. The van der Waals surface area contributed by atoms with Gasteiger partial charge in [0.2, 0.25) is 5.91 Å². The zero-order valence-electron chi connectivity index (χ0n) is 18.2. The number of hydrogen-bond acceptors (Lipinski definition) is 5. The minimum atomic E-state index is -1.18. The lowest BCUT2D eigenvalue weighted by Gasteiger charge is -2.20. The number of aliphatic carboxylic acids is 1. The summed E-state index contributed by atoms with van der Waals surface area (Å²) >= 11 is 0. The molecule has 0 spiro atoms. The van der Waals surface area contributed by atoms with E-state index < -0.39 is 29.9 Å². The molecule has 0 fully saturated rings. The predicted octanol–water partition coefficient (Wildman–Crippen LogP) is 2.77. The van der Waals surface area contributed by atoms with Crippen LogP contribution in [0.2, 0.25) is 0 Å². The van der Waals surface area contributed by atoms with E-state index >= 15 is 0 Å². The van der Waals surface area contributed by atoms with E-state index in [0.717, 1.165) is 22.3 Å². The molecule has 0 aromatic heterocycles. The molecule has 2 unspecified atom stereocenters. The van der Waals surface area contributed by atoms with Crippen molar-refractivity contribution < 1.29 is 29.0 Å². The van der Waals surface area contributed by atoms with Gasteiger partial charge in [0.05, 0.1) is 12.5 Å². The van der Waals surface area contributed by atoms with E-state index in [1.807, 2.05) is 36.4 Å². The molecule has 0 aliphatic heterocycles. The number of carboxylic acid groups (broad SMARTS) is 1. The van der Waals surface area contributed by atoms with Crippen molar-refractivity contribution >= 4 is 18.0 Å². The van der Waals surface area contributed by atoms with Gasteiger partial charge in [0.1, 0.15) is 6.61 Å². The van der Waals surface area contributed by atoms with Gasteiger partial charge < -0.3 is 25.2 Å². The molecule has 8 nitrogen and oxygen atoms in total. The smallest absolute Gasteiger partial charge is 0.407 e. The minimum absolute atomic E-state index is 0.0400. The summed E-state index contributed by atoms with van der Waals surface area (Å²) in [7, 11) is 1.36. The highest BCUT2D eigenvalue weighted by molar-refractivity contribution is 5.85. The first-order valence-corrected chi connectivity index (χ1v) is 10.6. The van der Waals surface area contributed by atoms with Crippen molar-refractivity contribution in [3.8, 4) is 11.1 Å². The molecule has 2 atom stereocenters. The first kappa shape index (κ1) is 23.3. The van der Waals surface area contributed by atoms with Crippen LogP contribution >= 0.6 is 0 Å². The lowest BCUT2D eigenvalue weighted by molar-refractivity contribution is -0.144. The van der Waals surface area contributed by atoms with Gasteiger partial charge in [0, 0.05) is 19.6 Å². The fourth-order valence-electron chi connectivity index (χ4n) is 3.91. The van der Waals surface area contributed by atoms with Gasteiger partial charge in [-0.25, -0.2) is 9.59 Å². The molecule has 1 aliphatic carbocycles. The Kier molecular flexibility index (Phi) is 7.83. The number of methoxy groups -OCH3 is 1. The average Bonchev–Trinajstić information content (AvgIpc) is 3.11. The Hall–Kier alpha value is -3.39. The SMILES string of the molecule is CCC(CNC(=O)OCC1c2ccccc2-c2ccccc21)C(=O)NC(COC)C(=O)O. The maximum atomic E-state index is 12.4. The molecule has 2 aromatic carbocycles. The second kappa shape index (κ2) is 10.8. The summed E-state index contributed by atoms with van der Waals surface area (Å²) in [4.78, 5) is 35.9. The number of benzene rings is 2. The van der Waals surface area contributed by atoms with Gasteiger partial charge in [0.25, 0.3) is 0 Å². The standard InChI is InChI=1S/C24H28N2O6/c1-3-15(22(27)26-21(14-31-2)23(28)29)12-25-24(30)32-13-20-18-10-6-4-8-16(18)17-9-5-7-11-19(17)20/h4-11,15,20-21H,3,12-14H2,1-2H3,(H,25,30)(H,26,27)(H,28,29). The fourth-order valence-corrected chi connectivity index (χ4v) is 3.91. The molecule has 1 aliphatic rings. The third-order valence-electron chi connectivity index (χ3n) is 5.65. The largest absolute Gasteiger partial charge is 0.480 e. The Bertz CT molecular complexity index is 931. The van der Waals surface area contributed by atoms with Crippen molar-refractivity contribution in [3.63, 3.8) is 0 Å². The predicted molar refractivity (Wildman–Crippen MR) is 118 cm³/mol. The molecule has 2 aromatic rings. The highest BCUT2D eigenvalue weighted by Gasteiger charge is 2.29. The number of hydrogen-bond donors (Lipinski definition) is 3. The number of ether oxygens (including phenoxy) is 2. The summed E-state index contributed by atoms with van der Waals surface area (Å²) in [6.45, 7) is 1.86. The molecular formula is C24H28N2O6. The number of carboxylic acids is 1. The number of carbonyl (C=O) groups excluding carboxylic acids is 2. The van der Waals surface area contributed by atoms with Gasteiger partial charge in [-0.1, -0.05) is 55.5 Å². The first-order valence-electron chi connectivity index (χ1n) is 10.6. The Balaban J connectivity index is 1.55. The number of rotatable bonds is 10. The average molecular weight is 440 g/mol. The van der Waals surface area contributed by atoms with Gasteiger partial charge in [-0.2, -0.15) is 0 Å². The second-order valence-corrected chi connectivity index (χ2v) is 7.67. The number of carbonyl (C=O) groups is 3. The van der Waals surface area contributed by atoms with E-state index in [4.69, 9.17) is 14.6 Å². The van der Waals surface area contributed by atoms with Gasteiger partial charge >= 0.3 is 12.1 Å². The van der Waals surface area contributed by atoms with Gasteiger partial charge in [-0.3, -0.25) is 4.79 Å². The van der Waals surface area contributed by atoms with Crippen molar-refractivity contribution in [1.29, 1.82) is 0 Å². The molecular weight excluding hydrogens is 412 g/mol. The van der Waals surface area contributed by atoms with E-state index in [0.29, 0.717) is 6.42 Å². The van der Waals surface area contributed by atoms with Gasteiger partial charge in [-0.15, -0.1) is 0 Å². The third kappa shape index (κ3) is 5.26. The molecule has 8 heteroatoms. The molecule has 170 valence electrons. The highest BCUT2D eigenvalue weighted by atomic mass is 16.5. The highest BCUT2D eigenvalue weighted by Crippen LogP contribution is 2.44. The topological polar surface area (TPSA) is 114 Å². The fraction of sp³-hybridized carbons (Fsp3) is 0.375. The molecule has 3 N–H and O–H groups in total. The van der Waals surface area contributed by atoms with Crippen LogP contribution in [0.25, 0.3) is 11.1 Å². The van der Waals surface area contributed by atoms with Gasteiger partial charge in [0.15, 0.2) is 6.04 Å². The van der Waals surface area contributed by atoms with Gasteiger partial charge in [-0.05, 0) is 28.7 Å². The van der Waals surface area contributed by atoms with Crippen molar-refractivity contribution in [3.05, 3.63) is 59.7 Å². The Labute approximate surface area is 186 Å². The van der Waals surface area contributed by atoms with E-state index in [-0.39, 0.29) is 25.7 Å². The lowest BCUT2D eigenvalue weighted by Crippen LogP contribution is -2.48. The summed E-state index contributed by atoms with van der Waals surface area (Å²) in [6.07, 6.45) is -0.195. The maximum absolute atomic E-state index is 12.4. The van der Waals surface area contributed by atoms with Crippen LogP contribution in [0.3, 0.4) is 0 Å². The Morgan fingerprint density at radius 3 is 2.16 bits per heavy atom. The number of fused-ring (bicyclic) bond motifs is 3. The van der Waals surface area contributed by atoms with E-state index in [9.17, 15) is 14.4 Å². The quantitative estimate of drug-likeness (QED) is 0.524. The summed E-state index contributed by atoms with van der Waals surface area (Å²) < 4.78 is 10.3. The van der Waals surface area contributed by atoms with Crippen LogP contribution in [0.15, 0.2) is 48.5 Å². The second-order valence-electron chi connectivity index (χ2n) is 7.67. The Morgan fingerprint density at radius 1 is 1.03 bits per heavy atom. The minimum Gasteiger partial charge on any atom is -0.480 e. The number of amides is 2. The first-order chi connectivity index (χ1) is 15.5. The molecule has 0 heterocycles. The van der Waals surface area contributed by atoms with Crippen molar-refractivity contribution in [2.24, 2.45) is 5.92 Å². The van der Waals surface area contributed by atoms with Crippen LogP contribution in [0.1, 0.15) is 30.4 Å². The molecule has 2 amide bonds. The molecule has 0 saturated heterocycles. The summed E-state index contributed by atoms with van der Waals surface area (Å²) in [5.74, 6) is -2.28. The van der Waals surface area contributed by atoms with Crippen LogP contribution in [0.5, 0.6) is 0 Å². The lowest BCUT2D eigenvalue weighted by atomic mass is 9.98. The van der Waals surface area contributed by atoms with Crippen LogP contribution < -0.4 is 10.6 Å². The van der Waals surface area contributed by atoms with Crippen molar-refractivity contribution in [2.75, 3.05) is 26.9 Å². The van der Waals surface area contributed by atoms with E-state index in [1.165, 1.54) is 7.11 Å². The third-order valence-corrected chi connectivity index (χ3v) is 5.65. The molecule has 3 rings (SSSR count). The van der Waals surface area contributed by atoms with Crippen LogP contribution in [-0.4, -0.2) is 56.0 Å². The van der Waals surface area contributed by atoms with Crippen LogP contribution in [0, 0.1) is 5.92 Å². The molecule has 0 saturated carbocycles. The molecule has 0 radical (unpaired) electrons. The molecule has 0 bridgehead atoms. The van der Waals surface area contributed by atoms with Crippen molar-refractivity contribution in [2.45, 2.75) is 25.3 Å². The molecule has 32 heavy (non-hydrogen) atoms. The van der Waals surface area contributed by atoms with Crippen molar-refractivity contribution in [1.82, 2.24) is 10.6 Å². The monoisotopic (exact) mass is 440 g/mol. The summed E-state index contributed by atoms with van der Waals surface area (Å²) in [5.41, 5.74) is 4.52. The zero-order valence-corrected chi connectivity index (χ0v) is 18.2. The normalized spacial score (nSPS) is 14.1. The van der Waals surface area contributed by atoms with E-state index in [2.05, 4.69) is 22.8 Å². The zero-order chi connectivity index (χ0) is 23.1. The van der Waals surface area contributed by atoms with E-state index in [1.54, 1.807) is 6.92 Å². The van der Waals surface area contributed by atoms with Crippen LogP contribution in [-0.2, 0) is 19.1 Å².